The summed E-state index contributed by atoms with van der Waals surface area (Å²) in [5.74, 6) is 0.511. The summed E-state index contributed by atoms with van der Waals surface area (Å²) < 4.78 is 113. The highest BCUT2D eigenvalue weighted by Gasteiger charge is 2.72. The molecule has 0 heterocycles. The lowest BCUT2D eigenvalue weighted by molar-refractivity contribution is -0.288. The molecule has 0 atom stereocenters. The first-order chi connectivity index (χ1) is 28.8. The number of hydrogen-bond donors (Lipinski definition) is 0. The average Bonchev–Trinajstić information content (AvgIpc) is 3.19. The second-order valence-electron chi connectivity index (χ2n) is 14.3. The van der Waals surface area contributed by atoms with E-state index < -0.39 is 34.3 Å². The minimum absolute atomic E-state index is 0.0391. The molecule has 0 N–H and O–H groups in total. The Kier molecular flexibility index (Phi) is 12.2. The van der Waals surface area contributed by atoms with Crippen molar-refractivity contribution in [3.63, 3.8) is 0 Å². The Labute approximate surface area is 356 Å². The van der Waals surface area contributed by atoms with E-state index in [1.807, 2.05) is 39.0 Å². The first-order valence-corrected chi connectivity index (χ1v) is 18.7. The Morgan fingerprint density at radius 2 is 0.803 bits per heavy atom. The zero-order valence-electron chi connectivity index (χ0n) is 32.0. The van der Waals surface area contributed by atoms with Gasteiger partial charge in [0.15, 0.2) is 0 Å². The maximum atomic E-state index is 15.0. The number of nitriles is 3. The molecule has 308 valence electrons. The van der Waals surface area contributed by atoms with Crippen molar-refractivity contribution >= 4 is 23.2 Å². The molecule has 7 nitrogen and oxygen atoms in total. The number of benzene rings is 6. The fraction of sp³-hybridized carbons (Fsp3) is 0.152. The summed E-state index contributed by atoms with van der Waals surface area (Å²) >= 11 is 12.2. The van der Waals surface area contributed by atoms with Crippen molar-refractivity contribution in [2.24, 2.45) is 0 Å². The smallest absolute Gasteiger partial charge is 0.411 e. The van der Waals surface area contributed by atoms with Gasteiger partial charge < -0.3 is 18.9 Å². The van der Waals surface area contributed by atoms with Gasteiger partial charge in [0, 0.05) is 5.56 Å². The van der Waals surface area contributed by atoms with Crippen molar-refractivity contribution in [2.75, 3.05) is 0 Å². The molecule has 0 unspecified atom stereocenters. The second kappa shape index (κ2) is 17.0. The number of nitrogens with zero attached hydrogens (tertiary/aromatic N) is 3. The maximum Gasteiger partial charge on any atom is 0.411 e. The van der Waals surface area contributed by atoms with Crippen LogP contribution in [-0.4, -0.2) is 12.4 Å². The summed E-state index contributed by atoms with van der Waals surface area (Å²) in [6.45, 7) is 5.74. The van der Waals surface area contributed by atoms with Crippen LogP contribution in [0.25, 0.3) is 0 Å². The molecule has 0 amide bonds. The number of rotatable bonds is 10. The Balaban J connectivity index is 1.30. The molecule has 0 aliphatic rings. The van der Waals surface area contributed by atoms with Crippen LogP contribution in [0.1, 0.15) is 54.2 Å². The quantitative estimate of drug-likeness (QED) is 0.126. The summed E-state index contributed by atoms with van der Waals surface area (Å²) in [6, 6.07) is 30.5. The van der Waals surface area contributed by atoms with Crippen LogP contribution < -0.4 is 18.9 Å². The molecule has 0 aromatic heterocycles. The highest BCUT2D eigenvalue weighted by molar-refractivity contribution is 6.32. The zero-order chi connectivity index (χ0) is 44.3. The van der Waals surface area contributed by atoms with Crippen LogP contribution in [0.5, 0.6) is 46.0 Å². The van der Waals surface area contributed by atoms with Gasteiger partial charge in [0.05, 0.1) is 10.0 Å². The zero-order valence-corrected chi connectivity index (χ0v) is 33.6. The topological polar surface area (TPSA) is 108 Å². The number of ether oxygens (including phenoxy) is 4. The Bertz CT molecular complexity index is 2720. The average molecular weight is 873 g/mol. The third kappa shape index (κ3) is 8.74. The van der Waals surface area contributed by atoms with Gasteiger partial charge in [-0.15, -0.1) is 0 Å². The van der Waals surface area contributed by atoms with Crippen molar-refractivity contribution < 1.29 is 45.3 Å². The molecular formula is C46H29Cl2F6N3O4. The van der Waals surface area contributed by atoms with Gasteiger partial charge >= 0.3 is 12.4 Å². The standard InChI is InChI=1S/C46H29Cl2F6N3O4/c1-43(2,3)35-23-31(60-39-10-5-8-37(48)33(39)25-56)21-22-42(35)61-41-12-6-11-40(34(41)26-57)59-30-19-15-28(16-20-30)44(45(49,50)51,46(52,53)54)27-13-17-29(18-14-27)58-38-9-4-7-36(47)32(38)24-55/h4-23H,1-3H3. The van der Waals surface area contributed by atoms with E-state index in [1.54, 1.807) is 36.4 Å². The first kappa shape index (κ1) is 43.7. The van der Waals surface area contributed by atoms with Crippen molar-refractivity contribution in [3.8, 4) is 64.2 Å². The second-order valence-corrected chi connectivity index (χ2v) is 15.1. The summed E-state index contributed by atoms with van der Waals surface area (Å²) in [5.41, 5.74) is -6.74. The molecule has 0 saturated heterocycles. The van der Waals surface area contributed by atoms with Gasteiger partial charge in [-0.2, -0.15) is 42.1 Å². The van der Waals surface area contributed by atoms with Crippen LogP contribution in [0, 0.1) is 34.0 Å². The number of alkyl halides is 6. The molecule has 6 rings (SSSR count). The fourth-order valence-electron chi connectivity index (χ4n) is 6.46. The van der Waals surface area contributed by atoms with Crippen molar-refractivity contribution in [1.82, 2.24) is 0 Å². The third-order valence-corrected chi connectivity index (χ3v) is 9.99. The normalized spacial score (nSPS) is 11.8. The largest absolute Gasteiger partial charge is 0.456 e. The molecule has 61 heavy (non-hydrogen) atoms. The minimum atomic E-state index is -5.89. The summed E-state index contributed by atoms with van der Waals surface area (Å²) in [7, 11) is 0. The Hall–Kier alpha value is -6.85. The molecule has 0 fully saturated rings. The van der Waals surface area contributed by atoms with E-state index in [4.69, 9.17) is 42.1 Å². The molecular weight excluding hydrogens is 843 g/mol. The summed E-state index contributed by atoms with van der Waals surface area (Å²) in [6.07, 6.45) is -11.8. The van der Waals surface area contributed by atoms with Gasteiger partial charge in [-0.05, 0) is 95.4 Å². The highest BCUT2D eigenvalue weighted by Crippen LogP contribution is 2.56. The van der Waals surface area contributed by atoms with Crippen LogP contribution >= 0.6 is 23.2 Å². The van der Waals surface area contributed by atoms with E-state index in [2.05, 4.69) is 0 Å². The molecule has 6 aromatic carbocycles. The molecule has 0 radical (unpaired) electrons. The molecule has 0 aliphatic heterocycles. The lowest BCUT2D eigenvalue weighted by atomic mass is 9.73. The highest BCUT2D eigenvalue weighted by atomic mass is 35.5. The molecule has 0 aliphatic carbocycles. The third-order valence-electron chi connectivity index (χ3n) is 9.36. The van der Waals surface area contributed by atoms with E-state index in [1.165, 1.54) is 36.4 Å². The van der Waals surface area contributed by atoms with E-state index >= 15 is 0 Å². The lowest BCUT2D eigenvalue weighted by Gasteiger charge is -2.38. The van der Waals surface area contributed by atoms with Gasteiger partial charge in [0.1, 0.15) is 80.9 Å². The number of halogens is 8. The SMILES string of the molecule is CC(C)(C)c1cc(Oc2cccc(Cl)c2C#N)ccc1Oc1cccc(Oc2ccc(C(c3ccc(Oc4cccc(Cl)c4C#N)cc3)(C(F)(F)F)C(F)(F)F)cc2)c1C#N. The van der Waals surface area contributed by atoms with Crippen LogP contribution in [0.3, 0.4) is 0 Å². The molecule has 0 spiro atoms. The van der Waals surface area contributed by atoms with Crippen LogP contribution in [0.15, 0.2) is 121 Å². The van der Waals surface area contributed by atoms with Gasteiger partial charge in [-0.3, -0.25) is 0 Å². The predicted octanol–water partition coefficient (Wildman–Crippen LogP) is 14.5. The van der Waals surface area contributed by atoms with Crippen LogP contribution in [0.2, 0.25) is 10.0 Å². The molecule has 0 bridgehead atoms. The van der Waals surface area contributed by atoms with Crippen LogP contribution in [-0.2, 0) is 10.8 Å². The van der Waals surface area contributed by atoms with E-state index in [-0.39, 0.29) is 61.2 Å². The van der Waals surface area contributed by atoms with Crippen molar-refractivity contribution in [2.45, 2.75) is 44.0 Å². The van der Waals surface area contributed by atoms with Crippen molar-refractivity contribution in [3.05, 3.63) is 165 Å². The minimum Gasteiger partial charge on any atom is -0.456 e. The van der Waals surface area contributed by atoms with Gasteiger partial charge in [-0.1, -0.05) is 86.4 Å². The maximum absolute atomic E-state index is 15.0. The summed E-state index contributed by atoms with van der Waals surface area (Å²) in [4.78, 5) is 0. The monoisotopic (exact) mass is 871 g/mol. The predicted molar refractivity (Wildman–Crippen MR) is 215 cm³/mol. The Morgan fingerprint density at radius 3 is 1.20 bits per heavy atom. The fourth-order valence-corrected chi connectivity index (χ4v) is 6.88. The van der Waals surface area contributed by atoms with Gasteiger partial charge in [0.25, 0.3) is 0 Å². The van der Waals surface area contributed by atoms with Crippen molar-refractivity contribution in [1.29, 1.82) is 15.8 Å². The first-order valence-electron chi connectivity index (χ1n) is 17.9. The molecule has 15 heteroatoms. The molecule has 0 saturated carbocycles. The van der Waals surface area contributed by atoms with E-state index in [0.29, 0.717) is 41.3 Å². The van der Waals surface area contributed by atoms with E-state index in [9.17, 15) is 42.1 Å². The number of hydrogen-bond acceptors (Lipinski definition) is 7. The van der Waals surface area contributed by atoms with Crippen LogP contribution in [0.4, 0.5) is 26.3 Å². The van der Waals surface area contributed by atoms with Gasteiger partial charge in [0.2, 0.25) is 5.41 Å². The summed E-state index contributed by atoms with van der Waals surface area (Å²) in [5, 5.41) is 29.5. The lowest BCUT2D eigenvalue weighted by Crippen LogP contribution is -2.54. The van der Waals surface area contributed by atoms with E-state index in [0.717, 1.165) is 24.3 Å². The Morgan fingerprint density at radius 1 is 0.443 bits per heavy atom. The van der Waals surface area contributed by atoms with Gasteiger partial charge in [-0.25, -0.2) is 0 Å². The molecule has 6 aromatic rings.